The maximum Gasteiger partial charge on any atom is 0.0981 e. The lowest BCUT2D eigenvalue weighted by Crippen LogP contribution is -2.01. The molecular weight excluding hydrogens is 208 g/mol. The van der Waals surface area contributed by atoms with Crippen molar-refractivity contribution in [3.8, 4) is 0 Å². The van der Waals surface area contributed by atoms with Gasteiger partial charge in [-0.05, 0) is 41.3 Å². The van der Waals surface area contributed by atoms with E-state index in [9.17, 15) is 5.11 Å². The van der Waals surface area contributed by atoms with Crippen LogP contribution in [0.15, 0.2) is 29.1 Å². The molecule has 0 saturated heterocycles. The maximum atomic E-state index is 9.86. The van der Waals surface area contributed by atoms with Crippen molar-refractivity contribution in [2.75, 3.05) is 0 Å². The number of aliphatic hydroxyl groups excluding tert-OH is 1. The van der Waals surface area contributed by atoms with Gasteiger partial charge in [0.05, 0.1) is 11.8 Å². The first-order valence-electron chi connectivity index (χ1n) is 4.94. The summed E-state index contributed by atoms with van der Waals surface area (Å²) in [4.78, 5) is 0. The van der Waals surface area contributed by atoms with Crippen LogP contribution in [0.4, 0.5) is 0 Å². The Balaban J connectivity index is 1.90. The molecule has 3 nitrogen and oxygen atoms in total. The SMILES string of the molecule is Cn1ccc(C(O)CCc2ccsc2)n1. The summed E-state index contributed by atoms with van der Waals surface area (Å²) in [5, 5.41) is 18.2. The van der Waals surface area contributed by atoms with Gasteiger partial charge in [-0.1, -0.05) is 0 Å². The minimum absolute atomic E-state index is 0.453. The second kappa shape index (κ2) is 4.59. The number of hydrogen-bond acceptors (Lipinski definition) is 3. The van der Waals surface area contributed by atoms with E-state index in [4.69, 9.17) is 0 Å². The summed E-state index contributed by atoms with van der Waals surface area (Å²) in [6, 6.07) is 3.95. The van der Waals surface area contributed by atoms with Crippen LogP contribution in [0.3, 0.4) is 0 Å². The Morgan fingerprint density at radius 3 is 3.00 bits per heavy atom. The van der Waals surface area contributed by atoms with Crippen molar-refractivity contribution in [1.82, 2.24) is 9.78 Å². The molecule has 0 aliphatic rings. The fourth-order valence-corrected chi connectivity index (χ4v) is 2.20. The Bertz CT molecular complexity index is 408. The summed E-state index contributed by atoms with van der Waals surface area (Å²) >= 11 is 1.69. The molecule has 0 fully saturated rings. The first-order chi connectivity index (χ1) is 7.25. The highest BCUT2D eigenvalue weighted by Gasteiger charge is 2.10. The van der Waals surface area contributed by atoms with E-state index < -0.39 is 6.10 Å². The minimum Gasteiger partial charge on any atom is -0.387 e. The molecule has 0 aliphatic carbocycles. The highest BCUT2D eigenvalue weighted by atomic mass is 32.1. The molecule has 0 aliphatic heterocycles. The number of aromatic nitrogens is 2. The lowest BCUT2D eigenvalue weighted by atomic mass is 10.1. The highest BCUT2D eigenvalue weighted by Crippen LogP contribution is 2.18. The van der Waals surface area contributed by atoms with E-state index in [0.29, 0.717) is 0 Å². The average Bonchev–Trinajstić information content (AvgIpc) is 2.84. The van der Waals surface area contributed by atoms with Gasteiger partial charge in [0.25, 0.3) is 0 Å². The highest BCUT2D eigenvalue weighted by molar-refractivity contribution is 7.07. The predicted octanol–water partition coefficient (Wildman–Crippen LogP) is 2.15. The van der Waals surface area contributed by atoms with E-state index in [2.05, 4.69) is 21.9 Å². The first-order valence-corrected chi connectivity index (χ1v) is 5.88. The fraction of sp³-hybridized carbons (Fsp3) is 0.364. The molecule has 0 amide bonds. The smallest absolute Gasteiger partial charge is 0.0981 e. The third kappa shape index (κ3) is 2.67. The van der Waals surface area contributed by atoms with Crippen LogP contribution in [-0.2, 0) is 13.5 Å². The lowest BCUT2D eigenvalue weighted by Gasteiger charge is -2.06. The molecular formula is C11H14N2OS. The Morgan fingerprint density at radius 1 is 1.53 bits per heavy atom. The van der Waals surface area contributed by atoms with E-state index in [1.54, 1.807) is 16.0 Å². The predicted molar refractivity (Wildman–Crippen MR) is 60.8 cm³/mol. The number of aryl methyl sites for hydroxylation is 2. The van der Waals surface area contributed by atoms with Gasteiger partial charge < -0.3 is 5.11 Å². The van der Waals surface area contributed by atoms with Gasteiger partial charge in [0.1, 0.15) is 0 Å². The van der Waals surface area contributed by atoms with Gasteiger partial charge in [-0.2, -0.15) is 16.4 Å². The third-order valence-corrected chi connectivity index (χ3v) is 3.09. The monoisotopic (exact) mass is 222 g/mol. The number of rotatable bonds is 4. The van der Waals surface area contributed by atoms with Gasteiger partial charge in [-0.3, -0.25) is 4.68 Å². The van der Waals surface area contributed by atoms with Crippen LogP contribution >= 0.6 is 11.3 Å². The molecule has 2 aromatic rings. The summed E-state index contributed by atoms with van der Waals surface area (Å²) in [6.45, 7) is 0. The molecule has 0 spiro atoms. The van der Waals surface area contributed by atoms with Gasteiger partial charge in [0, 0.05) is 13.2 Å². The molecule has 0 saturated carbocycles. The van der Waals surface area contributed by atoms with Crippen LogP contribution in [-0.4, -0.2) is 14.9 Å². The van der Waals surface area contributed by atoms with Gasteiger partial charge in [0.15, 0.2) is 0 Å². The molecule has 1 atom stereocenters. The normalized spacial score (nSPS) is 12.9. The number of aliphatic hydroxyl groups is 1. The summed E-state index contributed by atoms with van der Waals surface area (Å²) in [5.74, 6) is 0. The summed E-state index contributed by atoms with van der Waals surface area (Å²) in [5.41, 5.74) is 2.04. The van der Waals surface area contributed by atoms with Crippen LogP contribution < -0.4 is 0 Å². The summed E-state index contributed by atoms with van der Waals surface area (Å²) in [7, 11) is 1.86. The molecule has 4 heteroatoms. The zero-order valence-corrected chi connectivity index (χ0v) is 9.44. The van der Waals surface area contributed by atoms with Crippen molar-refractivity contribution in [3.63, 3.8) is 0 Å². The molecule has 0 bridgehead atoms. The van der Waals surface area contributed by atoms with Crippen LogP contribution in [0.5, 0.6) is 0 Å². The molecule has 2 aromatic heterocycles. The Kier molecular flexibility index (Phi) is 3.18. The van der Waals surface area contributed by atoms with Gasteiger partial charge in [0.2, 0.25) is 0 Å². The van der Waals surface area contributed by atoms with Crippen molar-refractivity contribution in [1.29, 1.82) is 0 Å². The Hall–Kier alpha value is -1.13. The molecule has 0 radical (unpaired) electrons. The minimum atomic E-state index is -0.453. The fourth-order valence-electron chi connectivity index (χ4n) is 1.50. The zero-order valence-electron chi connectivity index (χ0n) is 8.63. The second-order valence-corrected chi connectivity index (χ2v) is 4.38. The first kappa shape index (κ1) is 10.4. The van der Waals surface area contributed by atoms with E-state index in [1.807, 2.05) is 19.3 Å². The number of nitrogens with zero attached hydrogens (tertiary/aromatic N) is 2. The van der Waals surface area contributed by atoms with Crippen molar-refractivity contribution in [3.05, 3.63) is 40.3 Å². The standard InChI is InChI=1S/C11H14N2OS/c1-13-6-4-10(12-13)11(14)3-2-9-5-7-15-8-9/h4-8,11,14H,2-3H2,1H3. The lowest BCUT2D eigenvalue weighted by molar-refractivity contribution is 0.162. The maximum absolute atomic E-state index is 9.86. The number of hydrogen-bond donors (Lipinski definition) is 1. The molecule has 2 heterocycles. The average molecular weight is 222 g/mol. The van der Waals surface area contributed by atoms with Crippen LogP contribution in [0, 0.1) is 0 Å². The number of thiophene rings is 1. The Labute approximate surface area is 93.0 Å². The molecule has 80 valence electrons. The van der Waals surface area contributed by atoms with E-state index in [0.717, 1.165) is 18.5 Å². The van der Waals surface area contributed by atoms with E-state index >= 15 is 0 Å². The van der Waals surface area contributed by atoms with Crippen molar-refractivity contribution in [2.24, 2.45) is 7.05 Å². The molecule has 1 unspecified atom stereocenters. The quantitative estimate of drug-likeness (QED) is 0.860. The molecule has 0 aromatic carbocycles. The van der Waals surface area contributed by atoms with Crippen molar-refractivity contribution in [2.45, 2.75) is 18.9 Å². The zero-order chi connectivity index (χ0) is 10.7. The largest absolute Gasteiger partial charge is 0.387 e. The van der Waals surface area contributed by atoms with Gasteiger partial charge in [-0.15, -0.1) is 0 Å². The molecule has 15 heavy (non-hydrogen) atoms. The van der Waals surface area contributed by atoms with Gasteiger partial charge >= 0.3 is 0 Å². The topological polar surface area (TPSA) is 38.0 Å². The van der Waals surface area contributed by atoms with Crippen LogP contribution in [0.25, 0.3) is 0 Å². The van der Waals surface area contributed by atoms with Crippen LogP contribution in [0.1, 0.15) is 23.8 Å². The molecule has 1 N–H and O–H groups in total. The van der Waals surface area contributed by atoms with E-state index in [-0.39, 0.29) is 0 Å². The molecule has 2 rings (SSSR count). The van der Waals surface area contributed by atoms with Gasteiger partial charge in [-0.25, -0.2) is 0 Å². The third-order valence-electron chi connectivity index (χ3n) is 2.36. The van der Waals surface area contributed by atoms with Crippen molar-refractivity contribution >= 4 is 11.3 Å². The van der Waals surface area contributed by atoms with Crippen LogP contribution in [0.2, 0.25) is 0 Å². The summed E-state index contributed by atoms with van der Waals surface area (Å²) in [6.07, 6.45) is 3.03. The van der Waals surface area contributed by atoms with Crippen molar-refractivity contribution < 1.29 is 5.11 Å². The Morgan fingerprint density at radius 2 is 2.40 bits per heavy atom. The summed E-state index contributed by atoms with van der Waals surface area (Å²) < 4.78 is 1.71. The second-order valence-electron chi connectivity index (χ2n) is 3.60. The van der Waals surface area contributed by atoms with E-state index in [1.165, 1.54) is 5.56 Å².